The van der Waals surface area contributed by atoms with Crippen LogP contribution in [0.5, 0.6) is 0 Å². The van der Waals surface area contributed by atoms with Gasteiger partial charge < -0.3 is 10.6 Å². The molecule has 1 aliphatic carbocycles. The van der Waals surface area contributed by atoms with Crippen molar-refractivity contribution >= 4 is 34.5 Å². The number of carbonyl (C=O) groups excluding carboxylic acids is 2. The van der Waals surface area contributed by atoms with Gasteiger partial charge in [0.1, 0.15) is 0 Å². The maximum absolute atomic E-state index is 12.0. The van der Waals surface area contributed by atoms with Crippen LogP contribution in [0.4, 0.5) is 11.4 Å². The first-order valence-corrected chi connectivity index (χ1v) is 7.86. The second-order valence-electron chi connectivity index (χ2n) is 5.13. The minimum absolute atomic E-state index is 0.0722. The summed E-state index contributed by atoms with van der Waals surface area (Å²) >= 11 is 1.40. The molecule has 4 nitrogen and oxygen atoms in total. The van der Waals surface area contributed by atoms with E-state index in [4.69, 9.17) is 0 Å². The van der Waals surface area contributed by atoms with E-state index >= 15 is 0 Å². The highest BCUT2D eigenvalue weighted by Gasteiger charge is 2.25. The molecule has 1 aromatic heterocycles. The summed E-state index contributed by atoms with van der Waals surface area (Å²) in [6.07, 6.45) is 3.08. The summed E-state index contributed by atoms with van der Waals surface area (Å²) in [6.45, 7) is 0. The van der Waals surface area contributed by atoms with Crippen LogP contribution in [0.2, 0.25) is 0 Å². The number of amides is 2. The van der Waals surface area contributed by atoms with Gasteiger partial charge in [0.2, 0.25) is 5.91 Å². The smallest absolute Gasteiger partial charge is 0.265 e. The maximum Gasteiger partial charge on any atom is 0.265 e. The third-order valence-electron chi connectivity index (χ3n) is 3.61. The third-order valence-corrected chi connectivity index (χ3v) is 4.48. The largest absolute Gasteiger partial charge is 0.326 e. The first-order chi connectivity index (χ1) is 10.2. The lowest BCUT2D eigenvalue weighted by molar-refractivity contribution is -0.122. The van der Waals surface area contributed by atoms with Gasteiger partial charge in [0.15, 0.2) is 0 Å². The fourth-order valence-electron chi connectivity index (χ4n) is 2.19. The first-order valence-electron chi connectivity index (χ1n) is 6.98. The van der Waals surface area contributed by atoms with E-state index in [2.05, 4.69) is 10.6 Å². The number of thiophene rings is 1. The molecule has 5 heteroatoms. The predicted molar refractivity (Wildman–Crippen MR) is 84.7 cm³/mol. The fourth-order valence-corrected chi connectivity index (χ4v) is 2.81. The topological polar surface area (TPSA) is 58.2 Å². The second kappa shape index (κ2) is 6.10. The zero-order valence-electron chi connectivity index (χ0n) is 11.5. The molecule has 3 rings (SSSR count). The Bertz CT molecular complexity index is 648. The van der Waals surface area contributed by atoms with Crippen LogP contribution in [0.1, 0.15) is 28.9 Å². The SMILES string of the molecule is O=C(Nc1cccc(NC(=O)C2CCC2)c1)c1cccs1. The van der Waals surface area contributed by atoms with Gasteiger partial charge in [0.05, 0.1) is 4.88 Å². The Labute approximate surface area is 127 Å². The van der Waals surface area contributed by atoms with Crippen molar-refractivity contribution in [2.24, 2.45) is 5.92 Å². The van der Waals surface area contributed by atoms with E-state index in [0.29, 0.717) is 10.6 Å². The molecule has 0 radical (unpaired) electrons. The minimum atomic E-state index is -0.132. The van der Waals surface area contributed by atoms with E-state index in [1.54, 1.807) is 12.1 Å². The van der Waals surface area contributed by atoms with Crippen molar-refractivity contribution in [1.29, 1.82) is 0 Å². The summed E-state index contributed by atoms with van der Waals surface area (Å²) in [5.41, 5.74) is 1.40. The van der Waals surface area contributed by atoms with Crippen molar-refractivity contribution in [1.82, 2.24) is 0 Å². The number of nitrogens with one attached hydrogen (secondary N) is 2. The van der Waals surface area contributed by atoms with Crippen molar-refractivity contribution in [3.8, 4) is 0 Å². The third kappa shape index (κ3) is 3.31. The highest BCUT2D eigenvalue weighted by Crippen LogP contribution is 2.28. The number of carbonyl (C=O) groups is 2. The molecular weight excluding hydrogens is 284 g/mol. The number of rotatable bonds is 4. The van der Waals surface area contributed by atoms with Crippen LogP contribution < -0.4 is 10.6 Å². The highest BCUT2D eigenvalue weighted by molar-refractivity contribution is 7.12. The van der Waals surface area contributed by atoms with E-state index in [1.807, 2.05) is 29.6 Å². The molecule has 21 heavy (non-hydrogen) atoms. The van der Waals surface area contributed by atoms with E-state index < -0.39 is 0 Å². The molecule has 2 N–H and O–H groups in total. The van der Waals surface area contributed by atoms with Gasteiger partial charge >= 0.3 is 0 Å². The van der Waals surface area contributed by atoms with E-state index in [1.165, 1.54) is 11.3 Å². The Morgan fingerprint density at radius 1 is 1.05 bits per heavy atom. The molecule has 1 saturated carbocycles. The molecule has 0 bridgehead atoms. The van der Waals surface area contributed by atoms with Crippen molar-refractivity contribution in [3.05, 3.63) is 46.7 Å². The van der Waals surface area contributed by atoms with Crippen molar-refractivity contribution in [3.63, 3.8) is 0 Å². The second-order valence-corrected chi connectivity index (χ2v) is 6.08. The molecule has 0 atom stereocenters. The zero-order valence-corrected chi connectivity index (χ0v) is 12.3. The van der Waals surface area contributed by atoms with Gasteiger partial charge in [-0.05, 0) is 42.5 Å². The summed E-state index contributed by atoms with van der Waals surface area (Å²) in [4.78, 5) is 24.6. The highest BCUT2D eigenvalue weighted by atomic mass is 32.1. The van der Waals surface area contributed by atoms with Gasteiger partial charge in [-0.3, -0.25) is 9.59 Å². The van der Waals surface area contributed by atoms with Crippen molar-refractivity contribution in [2.75, 3.05) is 10.6 Å². The molecule has 0 unspecified atom stereocenters. The van der Waals surface area contributed by atoms with Crippen LogP contribution in [0, 0.1) is 5.92 Å². The fraction of sp³-hybridized carbons (Fsp3) is 0.250. The van der Waals surface area contributed by atoms with E-state index in [0.717, 1.165) is 24.9 Å². The van der Waals surface area contributed by atoms with Gasteiger partial charge in [0.25, 0.3) is 5.91 Å². The Kier molecular flexibility index (Phi) is 4.01. The van der Waals surface area contributed by atoms with Gasteiger partial charge in [-0.2, -0.15) is 0 Å². The van der Waals surface area contributed by atoms with E-state index in [9.17, 15) is 9.59 Å². The Morgan fingerprint density at radius 3 is 2.43 bits per heavy atom. The molecule has 1 aliphatic rings. The van der Waals surface area contributed by atoms with E-state index in [-0.39, 0.29) is 17.7 Å². The molecule has 1 heterocycles. The Hall–Kier alpha value is -2.14. The van der Waals surface area contributed by atoms with Gasteiger partial charge in [-0.1, -0.05) is 18.6 Å². The average molecular weight is 300 g/mol. The summed E-state index contributed by atoms with van der Waals surface area (Å²) in [5.74, 6) is 0.0878. The van der Waals surface area contributed by atoms with Gasteiger partial charge in [0, 0.05) is 17.3 Å². The molecule has 0 saturated heterocycles. The number of hydrogen-bond acceptors (Lipinski definition) is 3. The number of benzene rings is 1. The standard InChI is InChI=1S/C16H16N2O2S/c19-15(11-4-1-5-11)17-12-6-2-7-13(10-12)18-16(20)14-8-3-9-21-14/h2-3,6-11H,1,4-5H2,(H,17,19)(H,18,20). The molecule has 1 aromatic carbocycles. The van der Waals surface area contributed by atoms with Crippen LogP contribution in [0.15, 0.2) is 41.8 Å². The summed E-state index contributed by atoms with van der Waals surface area (Å²) < 4.78 is 0. The molecule has 2 aromatic rings. The summed E-state index contributed by atoms with van der Waals surface area (Å²) in [6, 6.07) is 10.9. The van der Waals surface area contributed by atoms with Crippen LogP contribution in [0.25, 0.3) is 0 Å². The quantitative estimate of drug-likeness (QED) is 0.903. The predicted octanol–water partition coefficient (Wildman–Crippen LogP) is 3.74. The Balaban J connectivity index is 1.65. The average Bonchev–Trinajstić information content (AvgIpc) is 2.90. The normalized spacial score (nSPS) is 14.3. The first kappa shape index (κ1) is 13.8. The molecule has 0 aliphatic heterocycles. The van der Waals surface area contributed by atoms with Gasteiger partial charge in [-0.15, -0.1) is 11.3 Å². The molecule has 1 fully saturated rings. The number of hydrogen-bond donors (Lipinski definition) is 2. The molecule has 2 amide bonds. The lowest BCUT2D eigenvalue weighted by Crippen LogP contribution is -2.28. The lowest BCUT2D eigenvalue weighted by Gasteiger charge is -2.24. The van der Waals surface area contributed by atoms with Crippen molar-refractivity contribution in [2.45, 2.75) is 19.3 Å². The molecular formula is C16H16N2O2S. The lowest BCUT2D eigenvalue weighted by atomic mass is 9.85. The maximum atomic E-state index is 12.0. The monoisotopic (exact) mass is 300 g/mol. The van der Waals surface area contributed by atoms with Gasteiger partial charge in [-0.25, -0.2) is 0 Å². The Morgan fingerprint density at radius 2 is 1.81 bits per heavy atom. The van der Waals surface area contributed by atoms with Crippen LogP contribution in [-0.2, 0) is 4.79 Å². The minimum Gasteiger partial charge on any atom is -0.326 e. The molecule has 108 valence electrons. The summed E-state index contributed by atoms with van der Waals surface area (Å²) in [7, 11) is 0. The van der Waals surface area contributed by atoms with Crippen LogP contribution >= 0.6 is 11.3 Å². The van der Waals surface area contributed by atoms with Crippen molar-refractivity contribution < 1.29 is 9.59 Å². The number of anilines is 2. The summed E-state index contributed by atoms with van der Waals surface area (Å²) in [5, 5.41) is 7.61. The molecule has 0 spiro atoms. The van der Waals surface area contributed by atoms with Crippen LogP contribution in [0.3, 0.4) is 0 Å². The van der Waals surface area contributed by atoms with Crippen LogP contribution in [-0.4, -0.2) is 11.8 Å². The zero-order chi connectivity index (χ0) is 14.7.